The Morgan fingerprint density at radius 1 is 1.25 bits per heavy atom. The van der Waals surface area contributed by atoms with Crippen LogP contribution >= 0.6 is 0 Å². The number of hydrogen-bond acceptors (Lipinski definition) is 5. The molecule has 1 rings (SSSR count). The van der Waals surface area contributed by atoms with Crippen LogP contribution in [0.4, 0.5) is 0 Å². The Bertz CT molecular complexity index is 556. The van der Waals surface area contributed by atoms with E-state index < -0.39 is 27.3 Å². The molecule has 0 fully saturated rings. The summed E-state index contributed by atoms with van der Waals surface area (Å²) in [6.45, 7) is 3.86. The van der Waals surface area contributed by atoms with Crippen molar-refractivity contribution in [3.05, 3.63) is 23.8 Å². The van der Waals surface area contributed by atoms with Crippen molar-refractivity contribution in [1.29, 1.82) is 0 Å². The van der Waals surface area contributed by atoms with Crippen molar-refractivity contribution in [1.82, 2.24) is 4.31 Å². The molecule has 1 radical (unpaired) electrons. The van der Waals surface area contributed by atoms with E-state index in [1.54, 1.807) is 13.8 Å². The van der Waals surface area contributed by atoms with Crippen molar-refractivity contribution < 1.29 is 46.0 Å². The molecule has 7 nitrogen and oxygen atoms in total. The van der Waals surface area contributed by atoms with Crippen molar-refractivity contribution in [2.45, 2.75) is 18.7 Å². The largest absolute Gasteiger partial charge is 2.00 e. The first-order valence-corrected chi connectivity index (χ1v) is 6.81. The van der Waals surface area contributed by atoms with Crippen molar-refractivity contribution in [2.75, 3.05) is 13.1 Å². The predicted octanol–water partition coefficient (Wildman–Crippen LogP) is -1.67. The summed E-state index contributed by atoms with van der Waals surface area (Å²) in [6.07, 6.45) is 0. The zero-order valence-electron chi connectivity index (χ0n) is 10.8. The molecular formula is C11H15CuNO6S. The number of benzene rings is 1. The van der Waals surface area contributed by atoms with Gasteiger partial charge < -0.3 is 20.5 Å². The van der Waals surface area contributed by atoms with Crippen LogP contribution in [-0.2, 0) is 27.1 Å². The average molecular weight is 353 g/mol. The Balaban J connectivity index is 0. The summed E-state index contributed by atoms with van der Waals surface area (Å²) in [5.74, 6) is -2.45. The number of carboxylic acids is 1. The van der Waals surface area contributed by atoms with Gasteiger partial charge in [0.2, 0.25) is 10.0 Å². The Hall–Kier alpha value is -1.12. The molecule has 0 bridgehead atoms. The number of carbonyl (C=O) groups excluding carboxylic acids is 1. The molecule has 20 heavy (non-hydrogen) atoms. The molecule has 0 unspecified atom stereocenters. The first-order chi connectivity index (χ1) is 8.34. The van der Waals surface area contributed by atoms with Crippen LogP contribution < -0.4 is 10.2 Å². The van der Waals surface area contributed by atoms with Gasteiger partial charge in [-0.2, -0.15) is 4.31 Å². The topological polar surface area (TPSA) is 132 Å². The van der Waals surface area contributed by atoms with E-state index >= 15 is 0 Å². The molecule has 2 N–H and O–H groups in total. The summed E-state index contributed by atoms with van der Waals surface area (Å²) in [7, 11) is -3.77. The van der Waals surface area contributed by atoms with E-state index in [0.29, 0.717) is 0 Å². The molecule has 0 heterocycles. The number of hydrogen-bond donors (Lipinski definition) is 0. The molecule has 0 atom stereocenters. The molecule has 1 aromatic rings. The predicted molar refractivity (Wildman–Crippen MR) is 63.9 cm³/mol. The van der Waals surface area contributed by atoms with Gasteiger partial charge in [0.05, 0.1) is 10.9 Å². The van der Waals surface area contributed by atoms with E-state index in [2.05, 4.69) is 0 Å². The summed E-state index contributed by atoms with van der Waals surface area (Å²) in [6, 6.07) is 2.86. The zero-order valence-corrected chi connectivity index (χ0v) is 12.6. The third kappa shape index (κ3) is 4.19. The Labute approximate surface area is 128 Å². The van der Waals surface area contributed by atoms with Crippen molar-refractivity contribution in [3.63, 3.8) is 0 Å². The maximum absolute atomic E-state index is 12.1. The van der Waals surface area contributed by atoms with Crippen LogP contribution in [0.2, 0.25) is 0 Å². The van der Waals surface area contributed by atoms with Gasteiger partial charge >= 0.3 is 17.1 Å². The van der Waals surface area contributed by atoms with Gasteiger partial charge in [0.1, 0.15) is 0 Å². The molecule has 0 saturated heterocycles. The van der Waals surface area contributed by atoms with Crippen LogP contribution in [-0.4, -0.2) is 37.3 Å². The van der Waals surface area contributed by atoms with Crippen molar-refractivity contribution in [2.24, 2.45) is 0 Å². The third-order valence-corrected chi connectivity index (χ3v) is 4.56. The van der Waals surface area contributed by atoms with Gasteiger partial charge in [0.15, 0.2) is 0 Å². The fourth-order valence-corrected chi connectivity index (χ4v) is 3.03. The van der Waals surface area contributed by atoms with Gasteiger partial charge in [0.25, 0.3) is 0 Å². The number of nitrogens with zero attached hydrogens (tertiary/aromatic N) is 1. The first-order valence-electron chi connectivity index (χ1n) is 5.37. The minimum atomic E-state index is -3.77. The number of aromatic carboxylic acids is 1. The molecule has 9 heteroatoms. The van der Waals surface area contributed by atoms with Gasteiger partial charge in [-0.1, -0.05) is 25.7 Å². The molecule has 0 aromatic heterocycles. The monoisotopic (exact) mass is 352 g/mol. The molecule has 0 spiro atoms. The van der Waals surface area contributed by atoms with Gasteiger partial charge in [-0.3, -0.25) is 0 Å². The van der Waals surface area contributed by atoms with Crippen LogP contribution in [0.1, 0.15) is 24.2 Å². The summed E-state index contributed by atoms with van der Waals surface area (Å²) in [5.41, 5.74) is -0.650. The molecular weight excluding hydrogens is 338 g/mol. The van der Waals surface area contributed by atoms with E-state index in [-0.39, 0.29) is 40.5 Å². The summed E-state index contributed by atoms with van der Waals surface area (Å²) in [5, 5.41) is 21.9. The quantitative estimate of drug-likeness (QED) is 0.584. The van der Waals surface area contributed by atoms with E-state index in [1.165, 1.54) is 4.31 Å². The van der Waals surface area contributed by atoms with Crippen molar-refractivity contribution >= 4 is 16.0 Å². The van der Waals surface area contributed by atoms with E-state index in [1.807, 2.05) is 0 Å². The molecule has 0 saturated carbocycles. The molecule has 117 valence electrons. The number of sulfonamides is 1. The second-order valence-electron chi connectivity index (χ2n) is 3.53. The Morgan fingerprint density at radius 3 is 2.15 bits per heavy atom. The minimum absolute atomic E-state index is 0. The molecule has 0 aliphatic rings. The average Bonchev–Trinajstić information content (AvgIpc) is 2.30. The van der Waals surface area contributed by atoms with Crippen LogP contribution in [0.15, 0.2) is 23.1 Å². The second kappa shape index (κ2) is 8.23. The summed E-state index contributed by atoms with van der Waals surface area (Å²) >= 11 is 0. The Morgan fingerprint density at radius 2 is 1.75 bits per heavy atom. The normalized spacial score (nSPS) is 10.6. The van der Waals surface area contributed by atoms with Crippen LogP contribution in [0, 0.1) is 0 Å². The van der Waals surface area contributed by atoms with Crippen LogP contribution in [0.25, 0.3) is 0 Å². The van der Waals surface area contributed by atoms with Crippen LogP contribution in [0.5, 0.6) is 5.75 Å². The molecule has 0 aliphatic carbocycles. The Kier molecular flexibility index (Phi) is 8.72. The number of carbonyl (C=O) groups is 1. The van der Waals surface area contributed by atoms with Gasteiger partial charge in [-0.15, -0.1) is 0 Å². The SMILES string of the molecule is CCN(CC)S(=O)(=O)c1ccc([O-])c(C(=O)[O-])c1.O.[Cu+2]. The number of carboxylic acid groups (broad SMARTS) is 1. The van der Waals surface area contributed by atoms with Gasteiger partial charge in [0, 0.05) is 13.1 Å². The minimum Gasteiger partial charge on any atom is -0.872 e. The van der Waals surface area contributed by atoms with E-state index in [4.69, 9.17) is 0 Å². The van der Waals surface area contributed by atoms with E-state index in [9.17, 15) is 23.4 Å². The second-order valence-corrected chi connectivity index (χ2v) is 5.47. The first kappa shape index (κ1) is 21.2. The summed E-state index contributed by atoms with van der Waals surface area (Å²) < 4.78 is 25.4. The van der Waals surface area contributed by atoms with Gasteiger partial charge in [-0.05, 0) is 17.7 Å². The van der Waals surface area contributed by atoms with Crippen molar-refractivity contribution in [3.8, 4) is 5.75 Å². The van der Waals surface area contributed by atoms with Gasteiger partial charge in [-0.25, -0.2) is 8.42 Å². The maximum atomic E-state index is 12.1. The standard InChI is InChI=1S/C11H15NO5S.Cu.H2O/c1-3-12(4-2)18(16,17)8-5-6-10(13)9(7-8)11(14)15;;/h5-7,13H,3-4H2,1-2H3,(H,14,15);;1H2/q;+2;/p-2. The number of rotatable bonds is 5. The smallest absolute Gasteiger partial charge is 0.872 e. The fourth-order valence-electron chi connectivity index (χ4n) is 1.54. The molecule has 0 amide bonds. The van der Waals surface area contributed by atoms with E-state index in [0.717, 1.165) is 18.2 Å². The molecule has 1 aromatic carbocycles. The zero-order chi connectivity index (χ0) is 13.9. The summed E-state index contributed by atoms with van der Waals surface area (Å²) in [4.78, 5) is 10.5. The fraction of sp³-hybridized carbons (Fsp3) is 0.364. The molecule has 0 aliphatic heterocycles. The van der Waals surface area contributed by atoms with Crippen LogP contribution in [0.3, 0.4) is 0 Å². The maximum Gasteiger partial charge on any atom is 2.00 e. The third-order valence-electron chi connectivity index (χ3n) is 2.51.